The zero-order valence-corrected chi connectivity index (χ0v) is 19.4. The first-order valence-corrected chi connectivity index (χ1v) is 11.7. The van der Waals surface area contributed by atoms with Gasteiger partial charge < -0.3 is 4.90 Å². The molecule has 0 aliphatic carbocycles. The van der Waals surface area contributed by atoms with Gasteiger partial charge in [0.25, 0.3) is 0 Å². The van der Waals surface area contributed by atoms with Crippen LogP contribution < -0.4 is 4.90 Å². The third-order valence-electron chi connectivity index (χ3n) is 6.70. The Morgan fingerprint density at radius 3 is 2.59 bits per heavy atom. The summed E-state index contributed by atoms with van der Waals surface area (Å²) >= 11 is 0. The number of hydrogen-bond acceptors (Lipinski definition) is 5. The Bertz CT molecular complexity index is 974. The SMILES string of the molecule is CCN(CC)CC(=O)N1CC[C@@H](c2nc(C)c3c(n2)N(Cc2ccccc2)C(=O)CC3)C1. The minimum absolute atomic E-state index is 0.104. The number of carbonyl (C=O) groups is 2. The number of fused-ring (bicyclic) bond motifs is 1. The minimum atomic E-state index is 0.104. The Morgan fingerprint density at radius 1 is 1.12 bits per heavy atom. The first-order valence-electron chi connectivity index (χ1n) is 11.7. The van der Waals surface area contributed by atoms with Crippen LogP contribution in [0.2, 0.25) is 0 Å². The lowest BCUT2D eigenvalue weighted by molar-refractivity contribution is -0.131. The van der Waals surface area contributed by atoms with E-state index >= 15 is 0 Å². The molecule has 0 bridgehead atoms. The van der Waals surface area contributed by atoms with Gasteiger partial charge in [0, 0.05) is 36.7 Å². The second kappa shape index (κ2) is 9.77. The fraction of sp³-hybridized carbons (Fsp3) is 0.520. The first kappa shape index (κ1) is 22.4. The molecular formula is C25H33N5O2. The Labute approximate surface area is 190 Å². The van der Waals surface area contributed by atoms with Crippen molar-refractivity contribution in [1.82, 2.24) is 19.8 Å². The number of amides is 2. The van der Waals surface area contributed by atoms with Crippen LogP contribution >= 0.6 is 0 Å². The molecule has 7 nitrogen and oxygen atoms in total. The smallest absolute Gasteiger partial charge is 0.236 e. The van der Waals surface area contributed by atoms with E-state index in [-0.39, 0.29) is 17.7 Å². The monoisotopic (exact) mass is 435 g/mol. The molecule has 0 spiro atoms. The predicted octanol–water partition coefficient (Wildman–Crippen LogP) is 2.92. The number of benzene rings is 1. The first-order chi connectivity index (χ1) is 15.5. The minimum Gasteiger partial charge on any atom is -0.341 e. The molecule has 170 valence electrons. The number of likely N-dealkylation sites (tertiary alicyclic amines) is 1. The second-order valence-electron chi connectivity index (χ2n) is 8.72. The molecule has 7 heteroatoms. The highest BCUT2D eigenvalue weighted by atomic mass is 16.2. The van der Waals surface area contributed by atoms with Gasteiger partial charge in [-0.05, 0) is 38.4 Å². The summed E-state index contributed by atoms with van der Waals surface area (Å²) in [4.78, 5) is 41.2. The molecule has 0 radical (unpaired) electrons. The van der Waals surface area contributed by atoms with Crippen LogP contribution in [0.1, 0.15) is 55.3 Å². The standard InChI is InChI=1S/C25H33N5O2/c1-4-28(5-2)17-23(32)29-14-13-20(16-29)24-26-18(3)21-11-12-22(31)30(25(21)27-24)15-19-9-7-6-8-10-19/h6-10,20H,4-5,11-17H2,1-3H3/t20-/m1/s1. The van der Waals surface area contributed by atoms with Crippen LogP contribution in [0.3, 0.4) is 0 Å². The molecule has 0 N–H and O–H groups in total. The molecular weight excluding hydrogens is 402 g/mol. The lowest BCUT2D eigenvalue weighted by Crippen LogP contribution is -2.39. The number of nitrogens with zero attached hydrogens (tertiary/aromatic N) is 5. The Kier molecular flexibility index (Phi) is 6.84. The summed E-state index contributed by atoms with van der Waals surface area (Å²) in [6, 6.07) is 10.0. The van der Waals surface area contributed by atoms with E-state index in [1.807, 2.05) is 47.1 Å². The van der Waals surface area contributed by atoms with Gasteiger partial charge in [-0.1, -0.05) is 44.2 Å². The van der Waals surface area contributed by atoms with Crippen molar-refractivity contribution in [3.05, 3.63) is 53.0 Å². The van der Waals surface area contributed by atoms with Crippen LogP contribution in [0.5, 0.6) is 0 Å². The van der Waals surface area contributed by atoms with Gasteiger partial charge in [-0.2, -0.15) is 0 Å². The van der Waals surface area contributed by atoms with Crippen molar-refractivity contribution in [1.29, 1.82) is 0 Å². The van der Waals surface area contributed by atoms with E-state index in [2.05, 4.69) is 18.7 Å². The Morgan fingerprint density at radius 2 is 1.88 bits per heavy atom. The van der Waals surface area contributed by atoms with E-state index in [1.165, 1.54) is 0 Å². The van der Waals surface area contributed by atoms with E-state index in [0.717, 1.165) is 54.5 Å². The van der Waals surface area contributed by atoms with Gasteiger partial charge in [0.2, 0.25) is 11.8 Å². The molecule has 1 fully saturated rings. The Balaban J connectivity index is 1.55. The van der Waals surface area contributed by atoms with Crippen molar-refractivity contribution in [2.24, 2.45) is 0 Å². The van der Waals surface area contributed by atoms with Gasteiger partial charge in [-0.3, -0.25) is 19.4 Å². The van der Waals surface area contributed by atoms with E-state index in [0.29, 0.717) is 32.5 Å². The molecule has 1 aromatic heterocycles. The van der Waals surface area contributed by atoms with Crippen molar-refractivity contribution in [2.75, 3.05) is 37.6 Å². The Hall–Kier alpha value is -2.80. The number of rotatable bonds is 7. The van der Waals surface area contributed by atoms with Gasteiger partial charge in [-0.15, -0.1) is 0 Å². The predicted molar refractivity (Wildman–Crippen MR) is 124 cm³/mol. The summed E-state index contributed by atoms with van der Waals surface area (Å²) in [5.74, 6) is 1.89. The number of hydrogen-bond donors (Lipinski definition) is 0. The molecule has 1 atom stereocenters. The molecule has 0 saturated carbocycles. The molecule has 4 rings (SSSR count). The van der Waals surface area contributed by atoms with Crippen LogP contribution in [0.15, 0.2) is 30.3 Å². The topological polar surface area (TPSA) is 69.6 Å². The quantitative estimate of drug-likeness (QED) is 0.669. The number of anilines is 1. The zero-order chi connectivity index (χ0) is 22.7. The lowest BCUT2D eigenvalue weighted by Gasteiger charge is -2.30. The highest BCUT2D eigenvalue weighted by molar-refractivity contribution is 5.95. The second-order valence-corrected chi connectivity index (χ2v) is 8.72. The maximum absolute atomic E-state index is 12.8. The normalized spacial score (nSPS) is 18.4. The largest absolute Gasteiger partial charge is 0.341 e. The average molecular weight is 436 g/mol. The van der Waals surface area contributed by atoms with E-state index < -0.39 is 0 Å². The van der Waals surface area contributed by atoms with E-state index in [4.69, 9.17) is 9.97 Å². The molecule has 2 aliphatic heterocycles. The fourth-order valence-electron chi connectivity index (χ4n) is 4.65. The van der Waals surface area contributed by atoms with Crippen LogP contribution in [0.4, 0.5) is 5.82 Å². The van der Waals surface area contributed by atoms with Crippen LogP contribution in [-0.2, 0) is 22.6 Å². The summed E-state index contributed by atoms with van der Waals surface area (Å²) in [6.45, 7) is 10.3. The third kappa shape index (κ3) is 4.67. The van der Waals surface area contributed by atoms with Crippen molar-refractivity contribution < 1.29 is 9.59 Å². The highest BCUT2D eigenvalue weighted by Crippen LogP contribution is 2.33. The fourth-order valence-corrected chi connectivity index (χ4v) is 4.65. The average Bonchev–Trinajstić information content (AvgIpc) is 3.30. The van der Waals surface area contributed by atoms with E-state index in [9.17, 15) is 9.59 Å². The van der Waals surface area contributed by atoms with Gasteiger partial charge in [0.1, 0.15) is 11.6 Å². The maximum Gasteiger partial charge on any atom is 0.236 e. The summed E-state index contributed by atoms with van der Waals surface area (Å²) < 4.78 is 0. The molecule has 32 heavy (non-hydrogen) atoms. The third-order valence-corrected chi connectivity index (χ3v) is 6.70. The van der Waals surface area contributed by atoms with Crippen molar-refractivity contribution in [3.63, 3.8) is 0 Å². The summed E-state index contributed by atoms with van der Waals surface area (Å²) in [6.07, 6.45) is 2.03. The number of aromatic nitrogens is 2. The van der Waals surface area contributed by atoms with Crippen molar-refractivity contribution in [3.8, 4) is 0 Å². The van der Waals surface area contributed by atoms with Crippen molar-refractivity contribution >= 4 is 17.6 Å². The number of aryl methyl sites for hydroxylation is 1. The molecule has 3 heterocycles. The van der Waals surface area contributed by atoms with Crippen LogP contribution in [0.25, 0.3) is 0 Å². The van der Waals surface area contributed by atoms with Crippen LogP contribution in [-0.4, -0.2) is 64.3 Å². The molecule has 2 aliphatic rings. The molecule has 1 aromatic carbocycles. The number of carbonyl (C=O) groups excluding carboxylic acids is 2. The highest BCUT2D eigenvalue weighted by Gasteiger charge is 2.33. The molecule has 2 amide bonds. The van der Waals surface area contributed by atoms with Gasteiger partial charge in [-0.25, -0.2) is 9.97 Å². The molecule has 2 aromatic rings. The van der Waals surface area contributed by atoms with Crippen LogP contribution in [0, 0.1) is 6.92 Å². The summed E-state index contributed by atoms with van der Waals surface area (Å²) in [5.41, 5.74) is 3.10. The van der Waals surface area contributed by atoms with E-state index in [1.54, 1.807) is 0 Å². The number of likely N-dealkylation sites (N-methyl/N-ethyl adjacent to an activating group) is 1. The van der Waals surface area contributed by atoms with Gasteiger partial charge in [0.15, 0.2) is 0 Å². The summed E-state index contributed by atoms with van der Waals surface area (Å²) in [7, 11) is 0. The molecule has 0 unspecified atom stereocenters. The molecule has 1 saturated heterocycles. The maximum atomic E-state index is 12.8. The summed E-state index contributed by atoms with van der Waals surface area (Å²) in [5, 5.41) is 0. The van der Waals surface area contributed by atoms with Gasteiger partial charge in [0.05, 0.1) is 13.1 Å². The zero-order valence-electron chi connectivity index (χ0n) is 19.4. The van der Waals surface area contributed by atoms with Gasteiger partial charge >= 0.3 is 0 Å². The lowest BCUT2D eigenvalue weighted by atomic mass is 10.0. The van der Waals surface area contributed by atoms with Crippen molar-refractivity contribution in [2.45, 2.75) is 52.5 Å².